The Bertz CT molecular complexity index is 467. The summed E-state index contributed by atoms with van der Waals surface area (Å²) in [5, 5.41) is -0.874. The van der Waals surface area contributed by atoms with E-state index in [-0.39, 0.29) is 13.0 Å². The van der Waals surface area contributed by atoms with Crippen molar-refractivity contribution in [3.05, 3.63) is 29.8 Å². The molecule has 1 aromatic rings. The Labute approximate surface area is 98.9 Å². The predicted molar refractivity (Wildman–Crippen MR) is 62.0 cm³/mol. The summed E-state index contributed by atoms with van der Waals surface area (Å²) in [5.41, 5.74) is 4.63. The number of nitrogens with two attached hydrogens (primary N) is 1. The molecule has 0 heterocycles. The standard InChI is InChI=1S/C10H14F2N2O2S/c1-2-7(6-13)17(15,16)14-10-8(11)4-3-5-9(10)12/h3-5,7,14H,2,6,13H2,1H3. The lowest BCUT2D eigenvalue weighted by molar-refractivity contribution is 0.572. The van der Waals surface area contributed by atoms with Crippen LogP contribution in [0.4, 0.5) is 14.5 Å². The minimum atomic E-state index is -3.88. The van der Waals surface area contributed by atoms with Gasteiger partial charge in [0.2, 0.25) is 10.0 Å². The molecule has 0 fully saturated rings. The maximum absolute atomic E-state index is 13.3. The average Bonchev–Trinajstić information content (AvgIpc) is 2.25. The van der Waals surface area contributed by atoms with Crippen LogP contribution < -0.4 is 10.5 Å². The minimum Gasteiger partial charge on any atom is -0.329 e. The molecule has 0 radical (unpaired) electrons. The second-order valence-corrected chi connectivity index (χ2v) is 5.47. The molecule has 0 spiro atoms. The lowest BCUT2D eigenvalue weighted by Crippen LogP contribution is -2.34. The number of rotatable bonds is 5. The second kappa shape index (κ2) is 5.42. The first-order chi connectivity index (χ1) is 7.92. The minimum absolute atomic E-state index is 0.109. The van der Waals surface area contributed by atoms with Crippen LogP contribution in [-0.4, -0.2) is 20.2 Å². The van der Waals surface area contributed by atoms with Crippen LogP contribution in [0.5, 0.6) is 0 Å². The Hall–Kier alpha value is -1.21. The summed E-state index contributed by atoms with van der Waals surface area (Å²) in [4.78, 5) is 0. The van der Waals surface area contributed by atoms with Gasteiger partial charge in [-0.25, -0.2) is 17.2 Å². The van der Waals surface area contributed by atoms with Gasteiger partial charge in [0.05, 0.1) is 5.25 Å². The molecule has 1 rings (SSSR count). The van der Waals surface area contributed by atoms with Crippen LogP contribution in [0.3, 0.4) is 0 Å². The molecule has 17 heavy (non-hydrogen) atoms. The van der Waals surface area contributed by atoms with Crippen LogP contribution in [0, 0.1) is 11.6 Å². The van der Waals surface area contributed by atoms with Gasteiger partial charge in [-0.2, -0.15) is 0 Å². The number of benzene rings is 1. The molecule has 0 aromatic heterocycles. The lowest BCUT2D eigenvalue weighted by Gasteiger charge is -2.16. The van der Waals surface area contributed by atoms with E-state index >= 15 is 0 Å². The van der Waals surface area contributed by atoms with Gasteiger partial charge in [0.1, 0.15) is 17.3 Å². The summed E-state index contributed by atoms with van der Waals surface area (Å²) in [5.74, 6) is -1.92. The predicted octanol–water partition coefficient (Wildman–Crippen LogP) is 1.44. The van der Waals surface area contributed by atoms with Gasteiger partial charge in [-0.1, -0.05) is 13.0 Å². The summed E-state index contributed by atoms with van der Waals surface area (Å²) in [6, 6.07) is 3.11. The van der Waals surface area contributed by atoms with Crippen molar-refractivity contribution in [2.45, 2.75) is 18.6 Å². The van der Waals surface area contributed by atoms with Crippen molar-refractivity contribution in [2.24, 2.45) is 5.73 Å². The zero-order chi connectivity index (χ0) is 13.1. The highest BCUT2D eigenvalue weighted by molar-refractivity contribution is 7.93. The zero-order valence-electron chi connectivity index (χ0n) is 9.28. The second-order valence-electron chi connectivity index (χ2n) is 3.51. The van der Waals surface area contributed by atoms with Crippen molar-refractivity contribution in [1.29, 1.82) is 0 Å². The number of hydrogen-bond donors (Lipinski definition) is 2. The van der Waals surface area contributed by atoms with E-state index in [1.807, 2.05) is 4.72 Å². The number of hydrogen-bond acceptors (Lipinski definition) is 3. The van der Waals surface area contributed by atoms with Gasteiger partial charge < -0.3 is 5.73 Å². The lowest BCUT2D eigenvalue weighted by atomic mass is 10.3. The van der Waals surface area contributed by atoms with E-state index in [0.29, 0.717) is 0 Å². The van der Waals surface area contributed by atoms with Crippen LogP contribution in [0.15, 0.2) is 18.2 Å². The van der Waals surface area contributed by atoms with Gasteiger partial charge in [0, 0.05) is 6.54 Å². The summed E-state index contributed by atoms with van der Waals surface area (Å²) in [7, 11) is -3.88. The van der Waals surface area contributed by atoms with Crippen molar-refractivity contribution in [2.75, 3.05) is 11.3 Å². The van der Waals surface area contributed by atoms with Crippen molar-refractivity contribution < 1.29 is 17.2 Å². The highest BCUT2D eigenvalue weighted by atomic mass is 32.2. The molecule has 0 aliphatic rings. The molecule has 1 atom stereocenters. The van der Waals surface area contributed by atoms with Gasteiger partial charge >= 0.3 is 0 Å². The monoisotopic (exact) mass is 264 g/mol. The Morgan fingerprint density at radius 1 is 1.35 bits per heavy atom. The van der Waals surface area contributed by atoms with E-state index in [4.69, 9.17) is 5.73 Å². The SMILES string of the molecule is CCC(CN)S(=O)(=O)Nc1c(F)cccc1F. The quantitative estimate of drug-likeness (QED) is 0.845. The van der Waals surface area contributed by atoms with Gasteiger partial charge in [0.15, 0.2) is 0 Å². The van der Waals surface area contributed by atoms with Crippen molar-refractivity contribution >= 4 is 15.7 Å². The molecule has 0 saturated carbocycles. The van der Waals surface area contributed by atoms with E-state index in [2.05, 4.69) is 0 Å². The van der Waals surface area contributed by atoms with Gasteiger partial charge in [-0.15, -0.1) is 0 Å². The van der Waals surface area contributed by atoms with Crippen LogP contribution in [0.2, 0.25) is 0 Å². The molecule has 4 nitrogen and oxygen atoms in total. The largest absolute Gasteiger partial charge is 0.329 e. The first-order valence-corrected chi connectivity index (χ1v) is 6.62. The summed E-state index contributed by atoms with van der Waals surface area (Å²) < 4.78 is 51.9. The first kappa shape index (κ1) is 13.9. The third kappa shape index (κ3) is 3.13. The van der Waals surface area contributed by atoms with Crippen LogP contribution >= 0.6 is 0 Å². The van der Waals surface area contributed by atoms with Crippen molar-refractivity contribution in [1.82, 2.24) is 0 Å². The molecular formula is C10H14F2N2O2S. The van der Waals surface area contributed by atoms with E-state index in [1.54, 1.807) is 6.92 Å². The van der Waals surface area contributed by atoms with Crippen LogP contribution in [0.1, 0.15) is 13.3 Å². The van der Waals surface area contributed by atoms with Crippen LogP contribution in [-0.2, 0) is 10.0 Å². The summed E-state index contributed by atoms with van der Waals surface area (Å²) in [6.45, 7) is 1.52. The number of nitrogens with one attached hydrogen (secondary N) is 1. The number of halogens is 2. The Morgan fingerprint density at radius 3 is 2.29 bits per heavy atom. The average molecular weight is 264 g/mol. The third-order valence-corrected chi connectivity index (χ3v) is 4.26. The Kier molecular flexibility index (Phi) is 4.41. The molecule has 1 unspecified atom stereocenters. The van der Waals surface area contributed by atoms with Crippen molar-refractivity contribution in [3.63, 3.8) is 0 Å². The summed E-state index contributed by atoms with van der Waals surface area (Å²) >= 11 is 0. The number of sulfonamides is 1. The topological polar surface area (TPSA) is 72.2 Å². The van der Waals surface area contributed by atoms with E-state index in [0.717, 1.165) is 18.2 Å². The maximum Gasteiger partial charge on any atom is 0.237 e. The highest BCUT2D eigenvalue weighted by Gasteiger charge is 2.24. The van der Waals surface area contributed by atoms with E-state index < -0.39 is 32.6 Å². The Morgan fingerprint density at radius 2 is 1.88 bits per heavy atom. The smallest absolute Gasteiger partial charge is 0.237 e. The fourth-order valence-electron chi connectivity index (χ4n) is 1.33. The molecule has 0 amide bonds. The fourth-order valence-corrected chi connectivity index (χ4v) is 2.67. The van der Waals surface area contributed by atoms with E-state index in [9.17, 15) is 17.2 Å². The molecule has 0 aliphatic heterocycles. The Balaban J connectivity index is 3.06. The van der Waals surface area contributed by atoms with Gasteiger partial charge in [-0.05, 0) is 18.6 Å². The maximum atomic E-state index is 13.3. The molecule has 0 aliphatic carbocycles. The number of para-hydroxylation sites is 1. The zero-order valence-corrected chi connectivity index (χ0v) is 10.1. The normalized spacial score (nSPS) is 13.4. The molecule has 96 valence electrons. The third-order valence-electron chi connectivity index (χ3n) is 2.36. The highest BCUT2D eigenvalue weighted by Crippen LogP contribution is 2.21. The molecule has 7 heteroatoms. The van der Waals surface area contributed by atoms with Crippen molar-refractivity contribution in [3.8, 4) is 0 Å². The van der Waals surface area contributed by atoms with Gasteiger partial charge in [-0.3, -0.25) is 4.72 Å². The molecular weight excluding hydrogens is 250 g/mol. The molecule has 0 bridgehead atoms. The van der Waals surface area contributed by atoms with E-state index in [1.165, 1.54) is 0 Å². The molecule has 1 aromatic carbocycles. The molecule has 3 N–H and O–H groups in total. The number of anilines is 1. The fraction of sp³-hybridized carbons (Fsp3) is 0.400. The summed E-state index contributed by atoms with van der Waals surface area (Å²) in [6.07, 6.45) is 0.266. The first-order valence-electron chi connectivity index (χ1n) is 5.08. The molecule has 0 saturated heterocycles. The van der Waals surface area contributed by atoms with Crippen LogP contribution in [0.25, 0.3) is 0 Å². The van der Waals surface area contributed by atoms with Gasteiger partial charge in [0.25, 0.3) is 0 Å².